The summed E-state index contributed by atoms with van der Waals surface area (Å²) >= 11 is 0. The summed E-state index contributed by atoms with van der Waals surface area (Å²) in [5.41, 5.74) is 0. The molecule has 0 fully saturated rings. The fourth-order valence-corrected chi connectivity index (χ4v) is 0.939. The summed E-state index contributed by atoms with van der Waals surface area (Å²) in [6, 6.07) is 0. The van der Waals surface area contributed by atoms with E-state index in [0.29, 0.717) is 13.0 Å². The zero-order valence-electron chi connectivity index (χ0n) is 7.06. The molecular weight excluding hydrogens is 146 g/mol. The van der Waals surface area contributed by atoms with Crippen LogP contribution in [0.1, 0.15) is 20.3 Å². The molecule has 0 aliphatic carbocycles. The summed E-state index contributed by atoms with van der Waals surface area (Å²) in [6.45, 7) is 3.76. The maximum atomic E-state index is 9.09. The van der Waals surface area contributed by atoms with Crippen LogP contribution in [0.25, 0.3) is 0 Å². The second kappa shape index (κ2) is 5.49. The van der Waals surface area contributed by atoms with Crippen molar-refractivity contribution < 1.29 is 15.3 Å². The Bertz CT molecular complexity index is 87.7. The lowest BCUT2D eigenvalue weighted by atomic mass is 10.3. The van der Waals surface area contributed by atoms with Crippen molar-refractivity contribution in [2.45, 2.75) is 32.7 Å². The molecule has 0 rings (SSSR count). The molecule has 0 aromatic rings. The first kappa shape index (κ1) is 10.8. The third-order valence-corrected chi connectivity index (χ3v) is 1.53. The second-order valence-electron chi connectivity index (χ2n) is 2.58. The Balaban J connectivity index is 3.70. The van der Waals surface area contributed by atoms with Gasteiger partial charge < -0.3 is 15.3 Å². The second-order valence-corrected chi connectivity index (χ2v) is 2.58. The fraction of sp³-hybridized carbons (Fsp3) is 1.00. The van der Waals surface area contributed by atoms with E-state index >= 15 is 0 Å². The van der Waals surface area contributed by atoms with Crippen LogP contribution in [-0.2, 0) is 0 Å². The van der Waals surface area contributed by atoms with Crippen molar-refractivity contribution in [3.8, 4) is 0 Å². The molecule has 2 atom stereocenters. The minimum atomic E-state index is -0.665. The van der Waals surface area contributed by atoms with Crippen molar-refractivity contribution in [3.05, 3.63) is 0 Å². The van der Waals surface area contributed by atoms with Gasteiger partial charge in [-0.3, -0.25) is 4.90 Å². The van der Waals surface area contributed by atoms with Crippen molar-refractivity contribution in [3.63, 3.8) is 0 Å². The van der Waals surface area contributed by atoms with E-state index in [4.69, 9.17) is 15.3 Å². The molecule has 0 aromatic carbocycles. The molecule has 0 radical (unpaired) electrons. The van der Waals surface area contributed by atoms with Gasteiger partial charge >= 0.3 is 0 Å². The predicted octanol–water partition coefficient (Wildman–Crippen LogP) is -0.653. The zero-order chi connectivity index (χ0) is 8.85. The van der Waals surface area contributed by atoms with Crippen molar-refractivity contribution in [1.29, 1.82) is 0 Å². The van der Waals surface area contributed by atoms with Gasteiger partial charge in [0.25, 0.3) is 0 Å². The highest BCUT2D eigenvalue weighted by Gasteiger charge is 2.14. The Labute approximate surface area is 67.1 Å². The lowest BCUT2D eigenvalue weighted by Gasteiger charge is -2.27. The van der Waals surface area contributed by atoms with Crippen LogP contribution >= 0.6 is 0 Å². The van der Waals surface area contributed by atoms with E-state index in [1.54, 1.807) is 13.8 Å². The number of aliphatic hydroxyl groups is 3. The zero-order valence-corrected chi connectivity index (χ0v) is 7.06. The molecule has 0 aliphatic heterocycles. The normalized spacial score (nSPS) is 16.9. The molecule has 0 amide bonds. The number of rotatable bonds is 5. The minimum absolute atomic E-state index is 0.0793. The Morgan fingerprint density at radius 2 is 1.64 bits per heavy atom. The quantitative estimate of drug-likeness (QED) is 0.471. The van der Waals surface area contributed by atoms with Gasteiger partial charge in [0.15, 0.2) is 0 Å². The molecule has 0 saturated heterocycles. The fourth-order valence-electron chi connectivity index (χ4n) is 0.939. The van der Waals surface area contributed by atoms with Crippen LogP contribution in [0, 0.1) is 0 Å². The maximum Gasteiger partial charge on any atom is 0.106 e. The number of aliphatic hydroxyl groups excluding tert-OH is 3. The largest absolute Gasteiger partial charge is 0.396 e. The standard InChI is InChI=1S/C7H17NO3/c1-6(10)8(7(2)11)4-3-5-9/h6-7,9-11H,3-5H2,1-2H3. The van der Waals surface area contributed by atoms with Crippen molar-refractivity contribution >= 4 is 0 Å². The molecule has 0 heterocycles. The smallest absolute Gasteiger partial charge is 0.106 e. The van der Waals surface area contributed by atoms with Gasteiger partial charge in [-0.05, 0) is 20.3 Å². The summed E-state index contributed by atoms with van der Waals surface area (Å²) in [6.07, 6.45) is -0.765. The van der Waals surface area contributed by atoms with E-state index < -0.39 is 12.5 Å². The first-order valence-electron chi connectivity index (χ1n) is 3.82. The van der Waals surface area contributed by atoms with Gasteiger partial charge in [0.05, 0.1) is 0 Å². The molecule has 0 saturated carbocycles. The van der Waals surface area contributed by atoms with Gasteiger partial charge in [0.2, 0.25) is 0 Å². The third-order valence-electron chi connectivity index (χ3n) is 1.53. The Morgan fingerprint density at radius 1 is 1.18 bits per heavy atom. The summed E-state index contributed by atoms with van der Waals surface area (Å²) < 4.78 is 0. The van der Waals surface area contributed by atoms with E-state index in [9.17, 15) is 0 Å². The Hall–Kier alpha value is -0.160. The lowest BCUT2D eigenvalue weighted by Crippen LogP contribution is -2.40. The van der Waals surface area contributed by atoms with E-state index in [1.165, 1.54) is 4.90 Å². The average molecular weight is 163 g/mol. The van der Waals surface area contributed by atoms with Crippen molar-refractivity contribution in [1.82, 2.24) is 4.90 Å². The molecular formula is C7H17NO3. The molecule has 0 aromatic heterocycles. The Morgan fingerprint density at radius 3 is 1.91 bits per heavy atom. The maximum absolute atomic E-state index is 9.09. The van der Waals surface area contributed by atoms with E-state index in [2.05, 4.69) is 0 Å². The van der Waals surface area contributed by atoms with Crippen LogP contribution in [0.3, 0.4) is 0 Å². The van der Waals surface area contributed by atoms with E-state index in [-0.39, 0.29) is 6.61 Å². The van der Waals surface area contributed by atoms with Crippen molar-refractivity contribution in [2.75, 3.05) is 13.2 Å². The molecule has 2 unspecified atom stereocenters. The van der Waals surface area contributed by atoms with Crippen LogP contribution in [-0.4, -0.2) is 45.8 Å². The average Bonchev–Trinajstić information content (AvgIpc) is 1.87. The number of hydrogen-bond donors (Lipinski definition) is 3. The van der Waals surface area contributed by atoms with Gasteiger partial charge in [0.1, 0.15) is 12.5 Å². The summed E-state index contributed by atoms with van der Waals surface area (Å²) in [5.74, 6) is 0. The van der Waals surface area contributed by atoms with Gasteiger partial charge in [-0.15, -0.1) is 0 Å². The number of nitrogens with zero attached hydrogens (tertiary/aromatic N) is 1. The van der Waals surface area contributed by atoms with Crippen molar-refractivity contribution in [2.24, 2.45) is 0 Å². The van der Waals surface area contributed by atoms with Crippen LogP contribution in [0.15, 0.2) is 0 Å². The molecule has 68 valence electrons. The molecule has 4 nitrogen and oxygen atoms in total. The van der Waals surface area contributed by atoms with E-state index in [1.807, 2.05) is 0 Å². The summed E-state index contributed by atoms with van der Waals surface area (Å²) in [4.78, 5) is 1.50. The first-order valence-corrected chi connectivity index (χ1v) is 3.82. The monoisotopic (exact) mass is 163 g/mol. The minimum Gasteiger partial charge on any atom is -0.396 e. The van der Waals surface area contributed by atoms with Gasteiger partial charge in [0, 0.05) is 13.2 Å². The van der Waals surface area contributed by atoms with Gasteiger partial charge in [-0.1, -0.05) is 0 Å². The molecule has 11 heavy (non-hydrogen) atoms. The first-order chi connectivity index (χ1) is 5.09. The molecule has 0 aliphatic rings. The molecule has 0 spiro atoms. The van der Waals surface area contributed by atoms with E-state index in [0.717, 1.165) is 0 Å². The molecule has 0 bridgehead atoms. The topological polar surface area (TPSA) is 63.9 Å². The summed E-state index contributed by atoms with van der Waals surface area (Å²) in [5, 5.41) is 26.7. The highest BCUT2D eigenvalue weighted by Crippen LogP contribution is 2.01. The molecule has 4 heteroatoms. The number of hydrogen-bond acceptors (Lipinski definition) is 4. The van der Waals surface area contributed by atoms with Gasteiger partial charge in [-0.2, -0.15) is 0 Å². The van der Waals surface area contributed by atoms with Crippen LogP contribution < -0.4 is 0 Å². The molecule has 3 N–H and O–H groups in total. The predicted molar refractivity (Wildman–Crippen MR) is 41.8 cm³/mol. The van der Waals surface area contributed by atoms with Crippen LogP contribution in [0.5, 0.6) is 0 Å². The van der Waals surface area contributed by atoms with Gasteiger partial charge in [-0.25, -0.2) is 0 Å². The lowest BCUT2D eigenvalue weighted by molar-refractivity contribution is -0.0855. The summed E-state index contributed by atoms with van der Waals surface area (Å²) in [7, 11) is 0. The highest BCUT2D eigenvalue weighted by atomic mass is 16.3. The Kier molecular flexibility index (Phi) is 5.41. The van der Waals surface area contributed by atoms with Crippen LogP contribution in [0.2, 0.25) is 0 Å². The third kappa shape index (κ3) is 4.31. The highest BCUT2D eigenvalue weighted by molar-refractivity contribution is 4.58. The van der Waals surface area contributed by atoms with Crippen LogP contribution in [0.4, 0.5) is 0 Å². The SMILES string of the molecule is CC(O)N(CCCO)C(C)O.